The van der Waals surface area contributed by atoms with Gasteiger partial charge in [0.25, 0.3) is 5.91 Å². The molecule has 3 aromatic rings. The first kappa shape index (κ1) is 24.8. The van der Waals surface area contributed by atoms with Crippen molar-refractivity contribution >= 4 is 23.2 Å². The highest BCUT2D eigenvalue weighted by Gasteiger charge is 2.28. The van der Waals surface area contributed by atoms with Crippen LogP contribution in [0.2, 0.25) is 0 Å². The molecule has 1 aliphatic carbocycles. The van der Waals surface area contributed by atoms with Gasteiger partial charge in [-0.15, -0.1) is 11.3 Å². The zero-order valence-electron chi connectivity index (χ0n) is 19.2. The van der Waals surface area contributed by atoms with Crippen LogP contribution in [0.5, 0.6) is 5.75 Å². The second kappa shape index (κ2) is 12.4. The Morgan fingerprint density at radius 2 is 1.69 bits per heavy atom. The minimum atomic E-state index is -0.446. The Morgan fingerprint density at radius 3 is 2.46 bits per heavy atom. The third-order valence-corrected chi connectivity index (χ3v) is 6.57. The lowest BCUT2D eigenvalue weighted by Gasteiger charge is -2.32. The van der Waals surface area contributed by atoms with E-state index in [0.29, 0.717) is 11.6 Å². The minimum Gasteiger partial charge on any atom is -0.483 e. The monoisotopic (exact) mass is 497 g/mol. The fourth-order valence-electron chi connectivity index (χ4n) is 3.99. The summed E-state index contributed by atoms with van der Waals surface area (Å²) in [6.45, 7) is 0.402. The Labute approximate surface area is 207 Å². The first-order chi connectivity index (χ1) is 17.1. The van der Waals surface area contributed by atoms with E-state index in [-0.39, 0.29) is 48.6 Å². The van der Waals surface area contributed by atoms with E-state index in [4.69, 9.17) is 9.47 Å². The van der Waals surface area contributed by atoms with Crippen molar-refractivity contribution in [3.63, 3.8) is 0 Å². The summed E-state index contributed by atoms with van der Waals surface area (Å²) in [6, 6.07) is 15.5. The zero-order chi connectivity index (χ0) is 24.5. The van der Waals surface area contributed by atoms with Gasteiger partial charge in [0.05, 0.1) is 6.61 Å². The topological polar surface area (TPSA) is 89.6 Å². The van der Waals surface area contributed by atoms with Crippen molar-refractivity contribution in [3.8, 4) is 5.75 Å². The van der Waals surface area contributed by atoms with Crippen molar-refractivity contribution < 1.29 is 23.5 Å². The van der Waals surface area contributed by atoms with E-state index < -0.39 is 5.82 Å². The number of carbonyl (C=O) groups is 2. The molecule has 0 spiro atoms. The van der Waals surface area contributed by atoms with E-state index >= 15 is 0 Å². The van der Waals surface area contributed by atoms with Crippen LogP contribution in [0.4, 0.5) is 4.39 Å². The van der Waals surface area contributed by atoms with E-state index in [1.54, 1.807) is 23.6 Å². The van der Waals surface area contributed by atoms with E-state index in [2.05, 4.69) is 15.6 Å². The number of rotatable bonds is 10. The lowest BCUT2D eigenvalue weighted by molar-refractivity contribution is -0.127. The number of aromatic nitrogens is 1. The van der Waals surface area contributed by atoms with Crippen LogP contribution in [-0.4, -0.2) is 35.5 Å². The molecule has 0 saturated heterocycles. The van der Waals surface area contributed by atoms with Crippen molar-refractivity contribution in [2.45, 2.75) is 51.0 Å². The number of hydrogen-bond acceptors (Lipinski definition) is 6. The molecule has 2 aromatic carbocycles. The maximum absolute atomic E-state index is 13.7. The molecule has 0 aliphatic heterocycles. The van der Waals surface area contributed by atoms with Gasteiger partial charge in [0.1, 0.15) is 23.9 Å². The highest BCUT2D eigenvalue weighted by molar-refractivity contribution is 7.09. The molecular formula is C26H28FN3O4S. The second-order valence-electron chi connectivity index (χ2n) is 8.36. The highest BCUT2D eigenvalue weighted by atomic mass is 32.1. The fourth-order valence-corrected chi connectivity index (χ4v) is 4.67. The Hall–Kier alpha value is -3.30. The molecule has 1 saturated carbocycles. The van der Waals surface area contributed by atoms with Crippen LogP contribution in [0, 0.1) is 5.82 Å². The molecule has 2 N–H and O–H groups in total. The normalized spacial score (nSPS) is 17.5. The van der Waals surface area contributed by atoms with Crippen LogP contribution in [0.1, 0.15) is 46.7 Å². The maximum Gasteiger partial charge on any atom is 0.271 e. The lowest BCUT2D eigenvalue weighted by Crippen LogP contribution is -2.53. The van der Waals surface area contributed by atoms with Crippen LogP contribution in [0.15, 0.2) is 60.0 Å². The average molecular weight is 498 g/mol. The van der Waals surface area contributed by atoms with E-state index in [1.807, 2.05) is 30.3 Å². The van der Waals surface area contributed by atoms with Crippen molar-refractivity contribution in [3.05, 3.63) is 82.1 Å². The molecule has 0 radical (unpaired) electrons. The third kappa shape index (κ3) is 7.34. The Kier molecular flexibility index (Phi) is 8.80. The quantitative estimate of drug-likeness (QED) is 0.438. The van der Waals surface area contributed by atoms with Crippen molar-refractivity contribution in [1.82, 2.24) is 15.6 Å². The summed E-state index contributed by atoms with van der Waals surface area (Å²) in [5.41, 5.74) is 1.29. The number of thiazole rings is 1. The van der Waals surface area contributed by atoms with Crippen LogP contribution in [0.3, 0.4) is 0 Å². The molecule has 1 fully saturated rings. The molecule has 1 aromatic heterocycles. The maximum atomic E-state index is 13.7. The van der Waals surface area contributed by atoms with Gasteiger partial charge in [-0.2, -0.15) is 0 Å². The summed E-state index contributed by atoms with van der Waals surface area (Å²) in [5.74, 6) is -0.807. The first-order valence-corrected chi connectivity index (χ1v) is 12.5. The summed E-state index contributed by atoms with van der Waals surface area (Å²) in [7, 11) is 0. The van der Waals surface area contributed by atoms with Gasteiger partial charge >= 0.3 is 0 Å². The summed E-state index contributed by atoms with van der Waals surface area (Å²) >= 11 is 1.28. The van der Waals surface area contributed by atoms with Crippen molar-refractivity contribution in [2.24, 2.45) is 0 Å². The van der Waals surface area contributed by atoms with Crippen LogP contribution in [-0.2, 0) is 22.7 Å². The number of nitrogens with zero attached hydrogens (tertiary/aromatic N) is 1. The van der Waals surface area contributed by atoms with Crippen LogP contribution >= 0.6 is 11.3 Å². The molecule has 2 atom stereocenters. The molecule has 0 bridgehead atoms. The Balaban J connectivity index is 1.25. The summed E-state index contributed by atoms with van der Waals surface area (Å²) < 4.78 is 24.7. The number of para-hydroxylation sites is 1. The SMILES string of the molecule is O=C(COCc1ccccc1)N[C@@H]1CCCC[C@@H]1NC(=O)c1csc(COc2ccccc2F)n1. The van der Waals surface area contributed by atoms with Gasteiger partial charge in [-0.3, -0.25) is 9.59 Å². The molecule has 0 unspecified atom stereocenters. The fraction of sp³-hybridized carbons (Fsp3) is 0.346. The van der Waals surface area contributed by atoms with Crippen LogP contribution in [0.25, 0.3) is 0 Å². The lowest BCUT2D eigenvalue weighted by atomic mass is 9.90. The predicted octanol–water partition coefficient (Wildman–Crippen LogP) is 4.24. The van der Waals surface area contributed by atoms with Crippen molar-refractivity contribution in [2.75, 3.05) is 6.61 Å². The number of ether oxygens (including phenoxy) is 2. The van der Waals surface area contributed by atoms with Gasteiger partial charge in [0, 0.05) is 17.5 Å². The zero-order valence-corrected chi connectivity index (χ0v) is 20.1. The van der Waals surface area contributed by atoms with Crippen molar-refractivity contribution in [1.29, 1.82) is 0 Å². The molecule has 7 nitrogen and oxygen atoms in total. The van der Waals surface area contributed by atoms with Gasteiger partial charge < -0.3 is 20.1 Å². The van der Waals surface area contributed by atoms with Gasteiger partial charge in [-0.25, -0.2) is 9.37 Å². The number of hydrogen-bond donors (Lipinski definition) is 2. The largest absolute Gasteiger partial charge is 0.483 e. The Morgan fingerprint density at radius 1 is 0.971 bits per heavy atom. The molecule has 35 heavy (non-hydrogen) atoms. The molecule has 2 amide bonds. The highest BCUT2D eigenvalue weighted by Crippen LogP contribution is 2.21. The van der Waals surface area contributed by atoms with Gasteiger partial charge in [-0.05, 0) is 30.5 Å². The Bertz CT molecular complexity index is 1120. The summed E-state index contributed by atoms with van der Waals surface area (Å²) in [6.07, 6.45) is 3.51. The number of benzene rings is 2. The number of nitrogens with one attached hydrogen (secondary N) is 2. The van der Waals surface area contributed by atoms with Gasteiger partial charge in [-0.1, -0.05) is 55.3 Å². The molecule has 1 heterocycles. The molecule has 4 rings (SSSR count). The minimum absolute atomic E-state index is 0.0382. The van der Waals surface area contributed by atoms with E-state index in [1.165, 1.54) is 17.4 Å². The van der Waals surface area contributed by atoms with Crippen LogP contribution < -0.4 is 15.4 Å². The molecular weight excluding hydrogens is 469 g/mol. The summed E-state index contributed by atoms with van der Waals surface area (Å²) in [4.78, 5) is 29.6. The standard InChI is InChI=1S/C26H28FN3O4S/c27-19-10-4-7-13-23(19)34-16-25-29-22(17-35-25)26(32)30-21-12-6-5-11-20(21)28-24(31)15-33-14-18-8-2-1-3-9-18/h1-4,7-10,13,17,20-21H,5-6,11-12,14-16H2,(H,28,31)(H,30,32)/t20-,21+/m1/s1. The molecule has 9 heteroatoms. The third-order valence-electron chi connectivity index (χ3n) is 5.75. The summed E-state index contributed by atoms with van der Waals surface area (Å²) in [5, 5.41) is 8.25. The van der Waals surface area contributed by atoms with E-state index in [0.717, 1.165) is 31.2 Å². The predicted molar refractivity (Wildman–Crippen MR) is 131 cm³/mol. The van der Waals surface area contributed by atoms with E-state index in [9.17, 15) is 14.0 Å². The molecule has 1 aliphatic rings. The second-order valence-corrected chi connectivity index (χ2v) is 9.31. The number of carbonyl (C=O) groups excluding carboxylic acids is 2. The number of amides is 2. The first-order valence-electron chi connectivity index (χ1n) is 11.6. The van der Waals surface area contributed by atoms with Gasteiger partial charge in [0.2, 0.25) is 5.91 Å². The van der Waals surface area contributed by atoms with Gasteiger partial charge in [0.15, 0.2) is 11.6 Å². The average Bonchev–Trinajstić information content (AvgIpc) is 3.35. The smallest absolute Gasteiger partial charge is 0.271 e. The molecule has 184 valence electrons. The number of halogens is 1.